The van der Waals surface area contributed by atoms with Crippen molar-refractivity contribution in [2.24, 2.45) is 0 Å². The Morgan fingerprint density at radius 3 is 2.45 bits per heavy atom. The van der Waals surface area contributed by atoms with Crippen molar-refractivity contribution >= 4 is 38.7 Å². The van der Waals surface area contributed by atoms with Gasteiger partial charge in [-0.3, -0.25) is 0 Å². The predicted octanol–water partition coefficient (Wildman–Crippen LogP) is 3.40. The second-order valence-electron chi connectivity index (χ2n) is 4.26. The summed E-state index contributed by atoms with van der Waals surface area (Å²) in [6, 6.07) is 8.49. The summed E-state index contributed by atoms with van der Waals surface area (Å²) >= 11 is 11.8. The maximum absolute atomic E-state index is 11.3. The van der Waals surface area contributed by atoms with Gasteiger partial charge >= 0.3 is 0 Å². The molecule has 0 atom stereocenters. The first kappa shape index (κ1) is 15.1. The van der Waals surface area contributed by atoms with Crippen LogP contribution in [0.4, 0.5) is 5.69 Å². The minimum atomic E-state index is -3.27. The zero-order chi connectivity index (χ0) is 14.8. The molecule has 0 bridgehead atoms. The monoisotopic (exact) mass is 330 g/mol. The molecule has 1 heterocycles. The van der Waals surface area contributed by atoms with Crippen LogP contribution < -0.4 is 5.32 Å². The van der Waals surface area contributed by atoms with Crippen LogP contribution in [0.5, 0.6) is 0 Å². The standard InChI is InChI=1S/C13H12Cl2N2O2S/c1-20(18,19)13-5-3-10(8-17-13)16-7-9-2-4-11(14)12(15)6-9/h2-6,8,16H,7H2,1H3. The molecular weight excluding hydrogens is 319 g/mol. The zero-order valence-electron chi connectivity index (χ0n) is 10.6. The highest BCUT2D eigenvalue weighted by Gasteiger charge is 2.07. The largest absolute Gasteiger partial charge is 0.380 e. The summed E-state index contributed by atoms with van der Waals surface area (Å²) in [4.78, 5) is 3.90. The van der Waals surface area contributed by atoms with Gasteiger partial charge in [-0.1, -0.05) is 29.3 Å². The van der Waals surface area contributed by atoms with Crippen LogP contribution in [0, 0.1) is 0 Å². The first-order valence-corrected chi connectivity index (χ1v) is 8.35. The van der Waals surface area contributed by atoms with Gasteiger partial charge in [0.2, 0.25) is 0 Å². The molecule has 106 valence electrons. The van der Waals surface area contributed by atoms with Crippen LogP contribution in [0.3, 0.4) is 0 Å². The number of hydrogen-bond acceptors (Lipinski definition) is 4. The van der Waals surface area contributed by atoms with Crippen molar-refractivity contribution in [3.63, 3.8) is 0 Å². The van der Waals surface area contributed by atoms with E-state index in [9.17, 15) is 8.42 Å². The normalized spacial score (nSPS) is 11.3. The number of pyridine rings is 1. The fourth-order valence-corrected chi connectivity index (χ4v) is 2.44. The van der Waals surface area contributed by atoms with Crippen LogP contribution in [-0.4, -0.2) is 19.7 Å². The smallest absolute Gasteiger partial charge is 0.192 e. The van der Waals surface area contributed by atoms with Crippen LogP contribution in [0.1, 0.15) is 5.56 Å². The molecule has 1 N–H and O–H groups in total. The van der Waals surface area contributed by atoms with Crippen LogP contribution in [0.15, 0.2) is 41.6 Å². The molecule has 1 aromatic carbocycles. The van der Waals surface area contributed by atoms with E-state index >= 15 is 0 Å². The number of sulfone groups is 1. The molecule has 0 radical (unpaired) electrons. The lowest BCUT2D eigenvalue weighted by Crippen LogP contribution is -2.03. The first-order chi connectivity index (χ1) is 9.36. The Balaban J connectivity index is 2.06. The Labute approximate surface area is 127 Å². The number of benzene rings is 1. The molecule has 7 heteroatoms. The Kier molecular flexibility index (Phi) is 4.52. The SMILES string of the molecule is CS(=O)(=O)c1ccc(NCc2ccc(Cl)c(Cl)c2)cn1. The number of anilines is 1. The van der Waals surface area contributed by atoms with Crippen molar-refractivity contribution in [1.82, 2.24) is 4.98 Å². The van der Waals surface area contributed by atoms with Gasteiger partial charge in [0, 0.05) is 12.8 Å². The van der Waals surface area contributed by atoms with Crippen LogP contribution in [0.2, 0.25) is 10.0 Å². The van der Waals surface area contributed by atoms with Crippen molar-refractivity contribution in [1.29, 1.82) is 0 Å². The molecule has 2 rings (SSSR count). The van der Waals surface area contributed by atoms with E-state index in [1.807, 2.05) is 6.07 Å². The van der Waals surface area contributed by atoms with Crippen LogP contribution in [0.25, 0.3) is 0 Å². The molecule has 0 amide bonds. The summed E-state index contributed by atoms with van der Waals surface area (Å²) in [5.74, 6) is 0. The molecule has 20 heavy (non-hydrogen) atoms. The summed E-state index contributed by atoms with van der Waals surface area (Å²) in [6.07, 6.45) is 2.60. The van der Waals surface area contributed by atoms with Crippen molar-refractivity contribution in [3.8, 4) is 0 Å². The maximum atomic E-state index is 11.3. The minimum Gasteiger partial charge on any atom is -0.380 e. The fourth-order valence-electron chi connectivity index (χ4n) is 1.56. The summed E-state index contributed by atoms with van der Waals surface area (Å²) in [6.45, 7) is 0.538. The average Bonchev–Trinajstić information content (AvgIpc) is 2.40. The lowest BCUT2D eigenvalue weighted by molar-refractivity contribution is 0.598. The van der Waals surface area contributed by atoms with Gasteiger partial charge in [-0.05, 0) is 29.8 Å². The maximum Gasteiger partial charge on any atom is 0.192 e. The van der Waals surface area contributed by atoms with Crippen molar-refractivity contribution in [2.75, 3.05) is 11.6 Å². The van der Waals surface area contributed by atoms with E-state index < -0.39 is 9.84 Å². The molecule has 0 aliphatic rings. The number of rotatable bonds is 4. The molecule has 0 spiro atoms. The van der Waals surface area contributed by atoms with Gasteiger partial charge < -0.3 is 5.32 Å². The molecule has 0 fully saturated rings. The Bertz CT molecular complexity index is 716. The molecule has 0 saturated heterocycles. The quantitative estimate of drug-likeness (QED) is 0.933. The number of aromatic nitrogens is 1. The van der Waals surface area contributed by atoms with E-state index in [0.29, 0.717) is 16.6 Å². The lowest BCUT2D eigenvalue weighted by atomic mass is 10.2. The van der Waals surface area contributed by atoms with Gasteiger partial charge in [0.1, 0.15) is 0 Å². The van der Waals surface area contributed by atoms with Gasteiger partial charge in [0.05, 0.1) is 21.9 Å². The third kappa shape index (κ3) is 3.85. The molecule has 0 aliphatic heterocycles. The summed E-state index contributed by atoms with van der Waals surface area (Å²) in [5.41, 5.74) is 1.69. The molecule has 1 aromatic heterocycles. The van der Waals surface area contributed by atoms with Gasteiger partial charge in [0.15, 0.2) is 14.9 Å². The lowest BCUT2D eigenvalue weighted by Gasteiger charge is -2.07. The van der Waals surface area contributed by atoms with Gasteiger partial charge in [-0.2, -0.15) is 0 Å². The number of nitrogens with zero attached hydrogens (tertiary/aromatic N) is 1. The predicted molar refractivity (Wildman–Crippen MR) is 81.1 cm³/mol. The number of nitrogens with one attached hydrogen (secondary N) is 1. The third-order valence-electron chi connectivity index (χ3n) is 2.60. The zero-order valence-corrected chi connectivity index (χ0v) is 12.9. The molecule has 0 saturated carbocycles. The number of hydrogen-bond donors (Lipinski definition) is 1. The van der Waals surface area contributed by atoms with E-state index in [1.165, 1.54) is 12.3 Å². The third-order valence-corrected chi connectivity index (χ3v) is 4.34. The fraction of sp³-hybridized carbons (Fsp3) is 0.154. The van der Waals surface area contributed by atoms with Gasteiger partial charge in [-0.15, -0.1) is 0 Å². The van der Waals surface area contributed by atoms with Gasteiger partial charge in [0.25, 0.3) is 0 Å². The second-order valence-corrected chi connectivity index (χ2v) is 7.04. The van der Waals surface area contributed by atoms with E-state index in [-0.39, 0.29) is 5.03 Å². The van der Waals surface area contributed by atoms with Crippen molar-refractivity contribution in [3.05, 3.63) is 52.1 Å². The highest BCUT2D eigenvalue weighted by atomic mass is 35.5. The number of halogens is 2. The Hall–Kier alpha value is -1.30. The second kappa shape index (κ2) is 5.99. The summed E-state index contributed by atoms with van der Waals surface area (Å²) in [7, 11) is -3.27. The van der Waals surface area contributed by atoms with Gasteiger partial charge in [-0.25, -0.2) is 13.4 Å². The molecular formula is C13H12Cl2N2O2S. The van der Waals surface area contributed by atoms with E-state index in [0.717, 1.165) is 17.5 Å². The molecule has 0 aliphatic carbocycles. The van der Waals surface area contributed by atoms with Crippen molar-refractivity contribution < 1.29 is 8.42 Å². The minimum absolute atomic E-state index is 0.0533. The summed E-state index contributed by atoms with van der Waals surface area (Å²) in [5, 5.41) is 4.19. The topological polar surface area (TPSA) is 59.1 Å². The highest BCUT2D eigenvalue weighted by Crippen LogP contribution is 2.23. The summed E-state index contributed by atoms with van der Waals surface area (Å²) < 4.78 is 22.6. The molecule has 2 aromatic rings. The Morgan fingerprint density at radius 1 is 1.15 bits per heavy atom. The van der Waals surface area contributed by atoms with E-state index in [1.54, 1.807) is 18.2 Å². The van der Waals surface area contributed by atoms with Crippen LogP contribution >= 0.6 is 23.2 Å². The van der Waals surface area contributed by atoms with E-state index in [4.69, 9.17) is 23.2 Å². The average molecular weight is 331 g/mol. The Morgan fingerprint density at radius 2 is 1.90 bits per heavy atom. The molecule has 0 unspecified atom stereocenters. The van der Waals surface area contributed by atoms with Crippen molar-refractivity contribution in [2.45, 2.75) is 11.6 Å². The highest BCUT2D eigenvalue weighted by molar-refractivity contribution is 7.90. The van der Waals surface area contributed by atoms with E-state index in [2.05, 4.69) is 10.3 Å². The first-order valence-electron chi connectivity index (χ1n) is 5.70. The molecule has 4 nitrogen and oxygen atoms in total. The van der Waals surface area contributed by atoms with Crippen LogP contribution in [-0.2, 0) is 16.4 Å².